The molecule has 0 aromatic heterocycles. The largest absolute Gasteiger partial charge is 0.497 e. The molecule has 0 bridgehead atoms. The normalized spacial score (nSPS) is 11.4. The molecule has 6 nitrogen and oxygen atoms in total. The Bertz CT molecular complexity index is 1080. The third kappa shape index (κ3) is 7.60. The van der Waals surface area contributed by atoms with Gasteiger partial charge in [-0.25, -0.2) is 0 Å². The first-order valence-electron chi connectivity index (χ1n) is 11.9. The number of carbonyl (C=O) groups is 2. The van der Waals surface area contributed by atoms with Gasteiger partial charge in [0.1, 0.15) is 17.5 Å². The molecule has 0 unspecified atom stereocenters. The maximum atomic E-state index is 13.5. The van der Waals surface area contributed by atoms with Crippen molar-refractivity contribution in [2.45, 2.75) is 38.8 Å². The Labute approximate surface area is 207 Å². The minimum atomic E-state index is -0.614. The molecular weight excluding hydrogens is 440 g/mol. The summed E-state index contributed by atoms with van der Waals surface area (Å²) < 4.78 is 11.0. The number of benzene rings is 3. The van der Waals surface area contributed by atoms with E-state index in [1.165, 1.54) is 0 Å². The number of rotatable bonds is 12. The zero-order valence-electron chi connectivity index (χ0n) is 20.7. The predicted octanol–water partition coefficient (Wildman–Crippen LogP) is 4.55. The van der Waals surface area contributed by atoms with Gasteiger partial charge in [0, 0.05) is 26.4 Å². The number of amides is 2. The molecule has 1 atom stereocenters. The van der Waals surface area contributed by atoms with E-state index in [1.54, 1.807) is 19.1 Å². The van der Waals surface area contributed by atoms with Gasteiger partial charge in [-0.3, -0.25) is 9.59 Å². The van der Waals surface area contributed by atoms with E-state index in [1.807, 2.05) is 85.8 Å². The lowest BCUT2D eigenvalue weighted by Gasteiger charge is -2.31. The van der Waals surface area contributed by atoms with Gasteiger partial charge >= 0.3 is 0 Å². The minimum Gasteiger partial charge on any atom is -0.497 e. The van der Waals surface area contributed by atoms with Crippen molar-refractivity contribution in [3.05, 3.63) is 95.6 Å². The molecule has 0 fully saturated rings. The number of aryl methyl sites for hydroxylation is 1. The number of nitrogens with zero attached hydrogens (tertiary/aromatic N) is 1. The molecule has 3 aromatic carbocycles. The summed E-state index contributed by atoms with van der Waals surface area (Å²) in [5.41, 5.74) is 3.12. The molecule has 6 heteroatoms. The van der Waals surface area contributed by atoms with Crippen molar-refractivity contribution in [1.82, 2.24) is 10.2 Å². The third-order valence-electron chi connectivity index (χ3n) is 5.98. The van der Waals surface area contributed by atoms with Crippen LogP contribution < -0.4 is 14.8 Å². The van der Waals surface area contributed by atoms with Gasteiger partial charge in [-0.05, 0) is 54.3 Å². The van der Waals surface area contributed by atoms with E-state index in [9.17, 15) is 9.59 Å². The molecule has 0 aliphatic carbocycles. The van der Waals surface area contributed by atoms with Crippen molar-refractivity contribution in [2.24, 2.45) is 0 Å². The fourth-order valence-electron chi connectivity index (χ4n) is 3.92. The molecule has 184 valence electrons. The Morgan fingerprint density at radius 1 is 0.914 bits per heavy atom. The first-order chi connectivity index (χ1) is 17.0. The van der Waals surface area contributed by atoms with Crippen LogP contribution in [0.3, 0.4) is 0 Å². The molecule has 1 N–H and O–H groups in total. The quantitative estimate of drug-likeness (QED) is 0.391. The van der Waals surface area contributed by atoms with Gasteiger partial charge in [-0.1, -0.05) is 54.6 Å². The van der Waals surface area contributed by atoms with E-state index < -0.39 is 6.04 Å². The molecule has 0 saturated heterocycles. The molecule has 0 aliphatic rings. The van der Waals surface area contributed by atoms with E-state index in [-0.39, 0.29) is 18.2 Å². The SMILES string of the molecule is CNC(=O)[C@@H](Cc1ccccc1)N(Cc1ccccc1C)C(=O)CCCOc1ccc(OC)cc1. The van der Waals surface area contributed by atoms with Crippen LogP contribution in [0.1, 0.15) is 29.5 Å². The molecule has 0 radical (unpaired) electrons. The third-order valence-corrected chi connectivity index (χ3v) is 5.98. The van der Waals surface area contributed by atoms with Crippen LogP contribution in [0.2, 0.25) is 0 Å². The number of likely N-dealkylation sites (N-methyl/N-ethyl adjacent to an activating group) is 1. The number of ether oxygens (including phenoxy) is 2. The Morgan fingerprint density at radius 3 is 2.23 bits per heavy atom. The van der Waals surface area contributed by atoms with Crippen LogP contribution in [0.25, 0.3) is 0 Å². The fourth-order valence-corrected chi connectivity index (χ4v) is 3.92. The highest BCUT2D eigenvalue weighted by Gasteiger charge is 2.29. The molecule has 3 aromatic rings. The number of hydrogen-bond donors (Lipinski definition) is 1. The topological polar surface area (TPSA) is 67.9 Å². The molecule has 0 aliphatic heterocycles. The Kier molecular flexibility index (Phi) is 9.72. The Morgan fingerprint density at radius 2 is 1.57 bits per heavy atom. The zero-order valence-corrected chi connectivity index (χ0v) is 20.7. The second kappa shape index (κ2) is 13.2. The van der Waals surface area contributed by atoms with Gasteiger partial charge in [-0.2, -0.15) is 0 Å². The summed E-state index contributed by atoms with van der Waals surface area (Å²) in [5.74, 6) is 1.24. The summed E-state index contributed by atoms with van der Waals surface area (Å²) in [6, 6.07) is 24.5. The van der Waals surface area contributed by atoms with Crippen molar-refractivity contribution in [1.29, 1.82) is 0 Å². The standard InChI is InChI=1S/C29H34N2O4/c1-22-10-7-8-13-24(22)21-31(27(29(33)30-2)20-23-11-5-4-6-12-23)28(32)14-9-19-35-26-17-15-25(34-3)16-18-26/h4-8,10-13,15-18,27H,9,14,19-21H2,1-3H3,(H,30,33)/t27-/m1/s1. The fraction of sp³-hybridized carbons (Fsp3) is 0.310. The minimum absolute atomic E-state index is 0.0730. The monoisotopic (exact) mass is 474 g/mol. The van der Waals surface area contributed by atoms with Crippen molar-refractivity contribution < 1.29 is 19.1 Å². The van der Waals surface area contributed by atoms with Crippen LogP contribution in [0.15, 0.2) is 78.9 Å². The van der Waals surface area contributed by atoms with Gasteiger partial charge in [-0.15, -0.1) is 0 Å². The van der Waals surface area contributed by atoms with Crippen LogP contribution in [-0.4, -0.2) is 43.5 Å². The first kappa shape index (κ1) is 25.8. The summed E-state index contributed by atoms with van der Waals surface area (Å²) in [6.07, 6.45) is 1.27. The van der Waals surface area contributed by atoms with Gasteiger partial charge in [0.2, 0.25) is 11.8 Å². The van der Waals surface area contributed by atoms with Crippen LogP contribution in [-0.2, 0) is 22.6 Å². The van der Waals surface area contributed by atoms with Gasteiger partial charge < -0.3 is 19.7 Å². The highest BCUT2D eigenvalue weighted by Crippen LogP contribution is 2.20. The van der Waals surface area contributed by atoms with Gasteiger partial charge in [0.05, 0.1) is 13.7 Å². The second-order valence-corrected chi connectivity index (χ2v) is 8.40. The van der Waals surface area contributed by atoms with Gasteiger partial charge in [0.25, 0.3) is 0 Å². The van der Waals surface area contributed by atoms with Crippen LogP contribution in [0.4, 0.5) is 0 Å². The first-order valence-corrected chi connectivity index (χ1v) is 11.9. The van der Waals surface area contributed by atoms with E-state index in [0.29, 0.717) is 26.0 Å². The average molecular weight is 475 g/mol. The molecule has 35 heavy (non-hydrogen) atoms. The summed E-state index contributed by atoms with van der Waals surface area (Å²) >= 11 is 0. The number of methoxy groups -OCH3 is 1. The number of carbonyl (C=O) groups excluding carboxylic acids is 2. The molecule has 0 saturated carbocycles. The molecule has 3 rings (SSSR count). The maximum absolute atomic E-state index is 13.5. The smallest absolute Gasteiger partial charge is 0.242 e. The predicted molar refractivity (Wildman–Crippen MR) is 137 cm³/mol. The lowest BCUT2D eigenvalue weighted by molar-refractivity contribution is -0.141. The number of hydrogen-bond acceptors (Lipinski definition) is 4. The van der Waals surface area contributed by atoms with Gasteiger partial charge in [0.15, 0.2) is 0 Å². The summed E-state index contributed by atoms with van der Waals surface area (Å²) in [4.78, 5) is 28.2. The van der Waals surface area contributed by atoms with E-state index in [4.69, 9.17) is 9.47 Å². The molecular formula is C29H34N2O4. The maximum Gasteiger partial charge on any atom is 0.242 e. The highest BCUT2D eigenvalue weighted by atomic mass is 16.5. The Balaban J connectivity index is 1.73. The van der Waals surface area contributed by atoms with E-state index >= 15 is 0 Å². The number of nitrogens with one attached hydrogen (secondary N) is 1. The van der Waals surface area contributed by atoms with Crippen molar-refractivity contribution in [3.8, 4) is 11.5 Å². The average Bonchev–Trinajstić information content (AvgIpc) is 2.90. The van der Waals surface area contributed by atoms with Crippen LogP contribution in [0, 0.1) is 6.92 Å². The zero-order chi connectivity index (χ0) is 25.0. The van der Waals surface area contributed by atoms with Crippen molar-refractivity contribution >= 4 is 11.8 Å². The highest BCUT2D eigenvalue weighted by molar-refractivity contribution is 5.87. The van der Waals surface area contributed by atoms with Crippen molar-refractivity contribution in [3.63, 3.8) is 0 Å². The molecule has 0 spiro atoms. The Hall–Kier alpha value is -3.80. The summed E-state index contributed by atoms with van der Waals surface area (Å²) in [7, 11) is 3.23. The van der Waals surface area contributed by atoms with E-state index in [2.05, 4.69) is 5.32 Å². The second-order valence-electron chi connectivity index (χ2n) is 8.40. The summed E-state index contributed by atoms with van der Waals surface area (Å²) in [6.45, 7) is 2.79. The lowest BCUT2D eigenvalue weighted by atomic mass is 10.0. The van der Waals surface area contributed by atoms with Crippen LogP contribution in [0.5, 0.6) is 11.5 Å². The van der Waals surface area contributed by atoms with E-state index in [0.717, 1.165) is 28.2 Å². The lowest BCUT2D eigenvalue weighted by Crippen LogP contribution is -2.49. The molecule has 2 amide bonds. The van der Waals surface area contributed by atoms with Crippen molar-refractivity contribution in [2.75, 3.05) is 20.8 Å². The van der Waals surface area contributed by atoms with Crippen LogP contribution >= 0.6 is 0 Å². The summed E-state index contributed by atoms with van der Waals surface area (Å²) in [5, 5.41) is 2.75. The molecule has 0 heterocycles.